The third kappa shape index (κ3) is 4.26. The van der Waals surface area contributed by atoms with Crippen molar-refractivity contribution >= 4 is 11.6 Å². The fraction of sp³-hybridized carbons (Fsp3) is 0.588. The van der Waals surface area contributed by atoms with Crippen molar-refractivity contribution < 1.29 is 9.53 Å². The summed E-state index contributed by atoms with van der Waals surface area (Å²) in [5.74, 6) is 0.944. The highest BCUT2D eigenvalue weighted by Crippen LogP contribution is 2.29. The molecule has 0 aliphatic carbocycles. The van der Waals surface area contributed by atoms with Crippen LogP contribution < -0.4 is 10.1 Å². The lowest BCUT2D eigenvalue weighted by Gasteiger charge is -2.21. The van der Waals surface area contributed by atoms with E-state index in [1.165, 1.54) is 0 Å². The van der Waals surface area contributed by atoms with Crippen molar-refractivity contribution in [1.29, 1.82) is 0 Å². The Morgan fingerprint density at radius 3 is 2.15 bits per heavy atom. The van der Waals surface area contributed by atoms with E-state index in [1.807, 2.05) is 46.8 Å². The molecule has 0 heterocycles. The Morgan fingerprint density at radius 1 is 1.25 bits per heavy atom. The fourth-order valence-corrected chi connectivity index (χ4v) is 1.81. The lowest BCUT2D eigenvalue weighted by atomic mass is 9.95. The second kappa shape index (κ2) is 6.29. The quantitative estimate of drug-likeness (QED) is 0.882. The lowest BCUT2D eigenvalue weighted by molar-refractivity contribution is -0.123. The summed E-state index contributed by atoms with van der Waals surface area (Å²) in [5.41, 5.74) is 2.54. The minimum atomic E-state index is -0.395. The maximum absolute atomic E-state index is 12.0. The zero-order chi connectivity index (χ0) is 15.5. The number of aryl methyl sites for hydroxylation is 2. The highest BCUT2D eigenvalue weighted by molar-refractivity contribution is 5.94. The number of carbonyl (C=O) groups excluding carboxylic acids is 1. The molecule has 0 radical (unpaired) electrons. The van der Waals surface area contributed by atoms with Crippen molar-refractivity contribution in [3.8, 4) is 5.75 Å². The van der Waals surface area contributed by atoms with Crippen LogP contribution in [0.15, 0.2) is 12.1 Å². The molecule has 1 N–H and O–H groups in total. The van der Waals surface area contributed by atoms with Gasteiger partial charge in [-0.2, -0.15) is 0 Å². The van der Waals surface area contributed by atoms with Crippen LogP contribution in [-0.2, 0) is 4.79 Å². The monoisotopic (exact) mass is 277 g/mol. The smallest absolute Gasteiger partial charge is 0.229 e. The molecule has 0 saturated carbocycles. The minimum Gasteiger partial charge on any atom is -0.490 e. The second-order valence-electron chi connectivity index (χ2n) is 6.48. The van der Waals surface area contributed by atoms with Crippen LogP contribution in [0.25, 0.3) is 0 Å². The molecule has 0 aliphatic heterocycles. The number of rotatable bonds is 4. The summed E-state index contributed by atoms with van der Waals surface area (Å²) in [7, 11) is 0. The topological polar surface area (TPSA) is 38.3 Å². The van der Waals surface area contributed by atoms with E-state index in [0.29, 0.717) is 0 Å². The van der Waals surface area contributed by atoms with E-state index >= 15 is 0 Å². The van der Waals surface area contributed by atoms with Gasteiger partial charge in [0.05, 0.1) is 6.10 Å². The molecule has 20 heavy (non-hydrogen) atoms. The standard InChI is InChI=1S/C17H27NO2/c1-8-13(4)20-15-11(2)9-14(10-12(15)3)18-16(19)17(5,6)7/h9-10,13H,8H2,1-7H3,(H,18,19)/t13-/m0/s1. The number of ether oxygens (including phenoxy) is 1. The Morgan fingerprint density at radius 2 is 1.75 bits per heavy atom. The number of carbonyl (C=O) groups is 1. The molecule has 0 aromatic heterocycles. The Hall–Kier alpha value is -1.51. The maximum Gasteiger partial charge on any atom is 0.229 e. The molecule has 0 saturated heterocycles. The van der Waals surface area contributed by atoms with Gasteiger partial charge >= 0.3 is 0 Å². The normalized spacial score (nSPS) is 12.9. The van der Waals surface area contributed by atoms with E-state index in [9.17, 15) is 4.79 Å². The van der Waals surface area contributed by atoms with Crippen LogP contribution in [-0.4, -0.2) is 12.0 Å². The number of benzene rings is 1. The molecule has 3 nitrogen and oxygen atoms in total. The van der Waals surface area contributed by atoms with Gasteiger partial charge in [0.2, 0.25) is 5.91 Å². The van der Waals surface area contributed by atoms with Crippen LogP contribution in [0.2, 0.25) is 0 Å². The first-order valence-electron chi connectivity index (χ1n) is 7.24. The van der Waals surface area contributed by atoms with E-state index in [1.54, 1.807) is 0 Å². The summed E-state index contributed by atoms with van der Waals surface area (Å²) in [5, 5.41) is 2.96. The number of amides is 1. The average Bonchev–Trinajstić information content (AvgIpc) is 2.32. The molecule has 1 aromatic rings. The van der Waals surface area contributed by atoms with Gasteiger partial charge in [0, 0.05) is 11.1 Å². The molecule has 0 unspecified atom stereocenters. The molecule has 1 amide bonds. The molecule has 0 bridgehead atoms. The molecule has 1 rings (SSSR count). The predicted octanol–water partition coefficient (Wildman–Crippen LogP) is 4.47. The predicted molar refractivity (Wildman–Crippen MR) is 84.4 cm³/mol. The van der Waals surface area contributed by atoms with Crippen molar-refractivity contribution in [3.05, 3.63) is 23.3 Å². The van der Waals surface area contributed by atoms with Crippen LogP contribution in [0.5, 0.6) is 5.75 Å². The summed E-state index contributed by atoms with van der Waals surface area (Å²) in [6, 6.07) is 3.93. The van der Waals surface area contributed by atoms with Crippen molar-refractivity contribution in [3.63, 3.8) is 0 Å². The Bertz CT molecular complexity index is 463. The molecule has 0 aliphatic rings. The Kier molecular flexibility index (Phi) is 5.21. The van der Waals surface area contributed by atoms with E-state index in [2.05, 4.69) is 19.2 Å². The zero-order valence-corrected chi connectivity index (χ0v) is 13.8. The summed E-state index contributed by atoms with van der Waals surface area (Å²) >= 11 is 0. The number of anilines is 1. The summed E-state index contributed by atoms with van der Waals surface area (Å²) in [4.78, 5) is 12.0. The lowest BCUT2D eigenvalue weighted by Crippen LogP contribution is -2.27. The first-order valence-corrected chi connectivity index (χ1v) is 7.24. The van der Waals surface area contributed by atoms with Gasteiger partial charge in [0.1, 0.15) is 5.75 Å². The Labute approximate surface area is 122 Å². The number of hydrogen-bond donors (Lipinski definition) is 1. The third-order valence-electron chi connectivity index (χ3n) is 3.29. The van der Waals surface area contributed by atoms with Crippen molar-refractivity contribution in [2.24, 2.45) is 5.41 Å². The van der Waals surface area contributed by atoms with Crippen LogP contribution in [0.4, 0.5) is 5.69 Å². The van der Waals surface area contributed by atoms with Gasteiger partial charge in [-0.05, 0) is 50.5 Å². The minimum absolute atomic E-state index is 0.0203. The van der Waals surface area contributed by atoms with Gasteiger partial charge in [0.15, 0.2) is 0 Å². The van der Waals surface area contributed by atoms with Gasteiger partial charge in [-0.3, -0.25) is 4.79 Å². The summed E-state index contributed by atoms with van der Waals surface area (Å²) in [6.45, 7) is 13.9. The molecular weight excluding hydrogens is 250 g/mol. The second-order valence-corrected chi connectivity index (χ2v) is 6.48. The highest BCUT2D eigenvalue weighted by atomic mass is 16.5. The van der Waals surface area contributed by atoms with Crippen LogP contribution >= 0.6 is 0 Å². The maximum atomic E-state index is 12.0. The molecule has 1 aromatic carbocycles. The summed E-state index contributed by atoms with van der Waals surface area (Å²) in [6.07, 6.45) is 1.17. The van der Waals surface area contributed by atoms with Crippen molar-refractivity contribution in [2.75, 3.05) is 5.32 Å². The van der Waals surface area contributed by atoms with E-state index in [0.717, 1.165) is 29.0 Å². The molecule has 0 fully saturated rings. The van der Waals surface area contributed by atoms with Crippen molar-refractivity contribution in [2.45, 2.75) is 61.0 Å². The molecule has 3 heteroatoms. The van der Waals surface area contributed by atoms with Gasteiger partial charge in [-0.1, -0.05) is 27.7 Å². The van der Waals surface area contributed by atoms with Crippen molar-refractivity contribution in [1.82, 2.24) is 0 Å². The fourth-order valence-electron chi connectivity index (χ4n) is 1.81. The summed E-state index contributed by atoms with van der Waals surface area (Å²) < 4.78 is 5.94. The molecule has 1 atom stereocenters. The first kappa shape index (κ1) is 16.5. The van der Waals surface area contributed by atoms with E-state index in [4.69, 9.17) is 4.74 Å². The number of nitrogens with one attached hydrogen (secondary N) is 1. The van der Waals surface area contributed by atoms with Crippen LogP contribution in [0, 0.1) is 19.3 Å². The molecule has 112 valence electrons. The SMILES string of the molecule is CC[C@H](C)Oc1c(C)cc(NC(=O)C(C)(C)C)cc1C. The van der Waals surface area contributed by atoms with Gasteiger partial charge in [0.25, 0.3) is 0 Å². The first-order chi connectivity index (χ1) is 9.15. The van der Waals surface area contributed by atoms with Gasteiger partial charge in [-0.15, -0.1) is 0 Å². The largest absolute Gasteiger partial charge is 0.490 e. The highest BCUT2D eigenvalue weighted by Gasteiger charge is 2.21. The molecule has 0 spiro atoms. The van der Waals surface area contributed by atoms with Gasteiger partial charge < -0.3 is 10.1 Å². The van der Waals surface area contributed by atoms with E-state index < -0.39 is 5.41 Å². The zero-order valence-electron chi connectivity index (χ0n) is 13.8. The Balaban J connectivity index is 2.96. The molecular formula is C17H27NO2. The third-order valence-corrected chi connectivity index (χ3v) is 3.29. The number of hydrogen-bond acceptors (Lipinski definition) is 2. The van der Waals surface area contributed by atoms with Crippen LogP contribution in [0.3, 0.4) is 0 Å². The van der Waals surface area contributed by atoms with E-state index in [-0.39, 0.29) is 12.0 Å². The van der Waals surface area contributed by atoms with Crippen LogP contribution in [0.1, 0.15) is 52.2 Å². The van der Waals surface area contributed by atoms with Gasteiger partial charge in [-0.25, -0.2) is 0 Å². The average molecular weight is 277 g/mol.